The second-order valence-corrected chi connectivity index (χ2v) is 4.34. The predicted octanol–water partition coefficient (Wildman–Crippen LogP) is 3.06. The average molecular weight is 282 g/mol. The van der Waals surface area contributed by atoms with E-state index in [0.29, 0.717) is 11.3 Å². The summed E-state index contributed by atoms with van der Waals surface area (Å²) in [5, 5.41) is 0.430. The molecule has 0 atom stereocenters. The van der Waals surface area contributed by atoms with Gasteiger partial charge >= 0.3 is 0 Å². The van der Waals surface area contributed by atoms with E-state index < -0.39 is 0 Å². The molecule has 0 bridgehead atoms. The lowest BCUT2D eigenvalue weighted by Gasteiger charge is -2.16. The zero-order chi connectivity index (χ0) is 13.1. The van der Waals surface area contributed by atoms with E-state index in [0.717, 1.165) is 0 Å². The van der Waals surface area contributed by atoms with Crippen molar-refractivity contribution in [2.45, 2.75) is 0 Å². The van der Waals surface area contributed by atoms with Gasteiger partial charge in [0.1, 0.15) is 5.15 Å². The molecule has 0 spiro atoms. The Bertz CT molecular complexity index is 575. The van der Waals surface area contributed by atoms with Crippen molar-refractivity contribution < 1.29 is 4.79 Å². The van der Waals surface area contributed by atoms with Crippen LogP contribution in [-0.2, 0) is 0 Å². The molecule has 2 aromatic heterocycles. The van der Waals surface area contributed by atoms with Crippen LogP contribution in [0.5, 0.6) is 0 Å². The maximum atomic E-state index is 12.2. The normalized spacial score (nSPS) is 10.2. The molecule has 6 heteroatoms. The van der Waals surface area contributed by atoms with Gasteiger partial charge in [-0.1, -0.05) is 23.2 Å². The zero-order valence-electron chi connectivity index (χ0n) is 9.47. The summed E-state index contributed by atoms with van der Waals surface area (Å²) in [4.78, 5) is 21.4. The molecule has 0 saturated heterocycles. The molecular weight excluding hydrogens is 273 g/mol. The van der Waals surface area contributed by atoms with Crippen LogP contribution in [0.1, 0.15) is 10.4 Å². The van der Waals surface area contributed by atoms with Crippen LogP contribution in [0.4, 0.5) is 5.69 Å². The van der Waals surface area contributed by atoms with Gasteiger partial charge in [-0.3, -0.25) is 9.78 Å². The number of anilines is 1. The number of halogens is 2. The fraction of sp³-hybridized carbons (Fsp3) is 0.0833. The highest BCUT2D eigenvalue weighted by molar-refractivity contribution is 6.41. The van der Waals surface area contributed by atoms with Crippen LogP contribution in [0.3, 0.4) is 0 Å². The Morgan fingerprint density at radius 2 is 2.11 bits per heavy atom. The van der Waals surface area contributed by atoms with Crippen LogP contribution in [0.25, 0.3) is 0 Å². The lowest BCUT2D eigenvalue weighted by atomic mass is 10.2. The number of aromatic nitrogens is 2. The summed E-state index contributed by atoms with van der Waals surface area (Å²) in [5.74, 6) is -0.228. The summed E-state index contributed by atoms with van der Waals surface area (Å²) < 4.78 is 0. The van der Waals surface area contributed by atoms with E-state index in [1.165, 1.54) is 17.2 Å². The van der Waals surface area contributed by atoms with Crippen molar-refractivity contribution >= 4 is 34.8 Å². The molecule has 2 heterocycles. The minimum atomic E-state index is -0.228. The number of hydrogen-bond donors (Lipinski definition) is 0. The molecule has 2 aromatic rings. The molecular formula is C12H9Cl2N3O. The minimum absolute atomic E-state index is 0.178. The standard InChI is InChI=1S/C12H9Cl2N3O/c1-17(9-3-2-4-15-7-9)12(18)8-5-10(13)11(14)16-6-8/h2-7H,1H3. The summed E-state index contributed by atoms with van der Waals surface area (Å²) in [6.45, 7) is 0. The highest BCUT2D eigenvalue weighted by Gasteiger charge is 2.15. The predicted molar refractivity (Wildman–Crippen MR) is 71.2 cm³/mol. The third-order valence-corrected chi connectivity index (χ3v) is 3.07. The highest BCUT2D eigenvalue weighted by Crippen LogP contribution is 2.21. The maximum Gasteiger partial charge on any atom is 0.259 e. The summed E-state index contributed by atoms with van der Waals surface area (Å²) >= 11 is 11.5. The van der Waals surface area contributed by atoms with Crippen molar-refractivity contribution in [3.8, 4) is 0 Å². The van der Waals surface area contributed by atoms with Crippen LogP contribution in [-0.4, -0.2) is 22.9 Å². The van der Waals surface area contributed by atoms with Crippen molar-refractivity contribution in [3.05, 3.63) is 52.5 Å². The maximum absolute atomic E-state index is 12.2. The number of pyridine rings is 2. The quantitative estimate of drug-likeness (QED) is 0.795. The molecule has 18 heavy (non-hydrogen) atoms. The van der Waals surface area contributed by atoms with Gasteiger partial charge in [-0.05, 0) is 18.2 Å². The summed E-state index contributed by atoms with van der Waals surface area (Å²) in [6, 6.07) is 5.04. The molecule has 92 valence electrons. The van der Waals surface area contributed by atoms with Crippen LogP contribution in [0.2, 0.25) is 10.2 Å². The Hall–Kier alpha value is -1.65. The van der Waals surface area contributed by atoms with Crippen molar-refractivity contribution in [2.75, 3.05) is 11.9 Å². The molecule has 0 fully saturated rings. The topological polar surface area (TPSA) is 46.1 Å². The first-order valence-electron chi connectivity index (χ1n) is 5.08. The Morgan fingerprint density at radius 1 is 1.33 bits per heavy atom. The summed E-state index contributed by atoms with van der Waals surface area (Å²) in [7, 11) is 1.65. The van der Waals surface area contributed by atoms with Gasteiger partial charge in [-0.15, -0.1) is 0 Å². The summed E-state index contributed by atoms with van der Waals surface area (Å²) in [6.07, 6.45) is 4.63. The van der Waals surface area contributed by atoms with Crippen molar-refractivity contribution in [2.24, 2.45) is 0 Å². The van der Waals surface area contributed by atoms with Crippen LogP contribution in [0, 0.1) is 0 Å². The molecule has 0 aliphatic carbocycles. The molecule has 0 radical (unpaired) electrons. The third-order valence-electron chi connectivity index (χ3n) is 2.38. The van der Waals surface area contributed by atoms with E-state index in [1.54, 1.807) is 31.6 Å². The van der Waals surface area contributed by atoms with Gasteiger partial charge in [-0.25, -0.2) is 4.98 Å². The molecule has 0 aromatic carbocycles. The van der Waals surface area contributed by atoms with E-state index in [1.807, 2.05) is 0 Å². The summed E-state index contributed by atoms with van der Waals surface area (Å²) in [5.41, 5.74) is 1.06. The van der Waals surface area contributed by atoms with Gasteiger partial charge in [-0.2, -0.15) is 0 Å². The molecule has 0 N–H and O–H groups in total. The van der Waals surface area contributed by atoms with Crippen molar-refractivity contribution in [1.82, 2.24) is 9.97 Å². The number of rotatable bonds is 2. The molecule has 0 aliphatic heterocycles. The Kier molecular flexibility index (Phi) is 3.79. The third kappa shape index (κ3) is 2.60. The van der Waals surface area contributed by atoms with Gasteiger partial charge in [0.15, 0.2) is 0 Å². The monoisotopic (exact) mass is 281 g/mol. The second-order valence-electron chi connectivity index (χ2n) is 3.57. The number of carbonyl (C=O) groups excluding carboxylic acids is 1. The van der Waals surface area contributed by atoms with Gasteiger partial charge in [0.05, 0.1) is 22.5 Å². The second kappa shape index (κ2) is 5.33. The first-order chi connectivity index (χ1) is 8.59. The Labute approximate surface area is 114 Å². The SMILES string of the molecule is CN(C(=O)c1cnc(Cl)c(Cl)c1)c1cccnc1. The molecule has 4 nitrogen and oxygen atoms in total. The van der Waals surface area contributed by atoms with Gasteiger partial charge in [0.25, 0.3) is 5.91 Å². The fourth-order valence-corrected chi connectivity index (χ4v) is 1.67. The molecule has 1 amide bonds. The molecule has 2 rings (SSSR count). The largest absolute Gasteiger partial charge is 0.310 e. The first kappa shape index (κ1) is 12.8. The highest BCUT2D eigenvalue weighted by atomic mass is 35.5. The van der Waals surface area contributed by atoms with E-state index in [4.69, 9.17) is 23.2 Å². The Balaban J connectivity index is 2.29. The molecule has 0 saturated carbocycles. The minimum Gasteiger partial charge on any atom is -0.310 e. The van der Waals surface area contributed by atoms with Crippen molar-refractivity contribution in [1.29, 1.82) is 0 Å². The number of carbonyl (C=O) groups is 1. The lowest BCUT2D eigenvalue weighted by Crippen LogP contribution is -2.26. The average Bonchev–Trinajstić information content (AvgIpc) is 2.41. The van der Waals surface area contributed by atoms with Gasteiger partial charge < -0.3 is 4.90 Å². The van der Waals surface area contributed by atoms with Crippen LogP contribution < -0.4 is 4.90 Å². The van der Waals surface area contributed by atoms with Gasteiger partial charge in [0, 0.05) is 19.4 Å². The van der Waals surface area contributed by atoms with Crippen LogP contribution in [0.15, 0.2) is 36.8 Å². The zero-order valence-corrected chi connectivity index (χ0v) is 11.0. The first-order valence-corrected chi connectivity index (χ1v) is 5.84. The van der Waals surface area contributed by atoms with Gasteiger partial charge in [0.2, 0.25) is 0 Å². The van der Waals surface area contributed by atoms with Crippen LogP contribution >= 0.6 is 23.2 Å². The van der Waals surface area contributed by atoms with E-state index in [-0.39, 0.29) is 16.1 Å². The van der Waals surface area contributed by atoms with E-state index in [9.17, 15) is 4.79 Å². The lowest BCUT2D eigenvalue weighted by molar-refractivity contribution is 0.0992. The van der Waals surface area contributed by atoms with E-state index >= 15 is 0 Å². The molecule has 0 unspecified atom stereocenters. The molecule has 0 aliphatic rings. The van der Waals surface area contributed by atoms with Crippen molar-refractivity contribution in [3.63, 3.8) is 0 Å². The smallest absolute Gasteiger partial charge is 0.259 e. The number of nitrogens with zero attached hydrogens (tertiary/aromatic N) is 3. The fourth-order valence-electron chi connectivity index (χ4n) is 1.40. The number of amides is 1. The number of hydrogen-bond acceptors (Lipinski definition) is 3. The Morgan fingerprint density at radius 3 is 2.72 bits per heavy atom. The van der Waals surface area contributed by atoms with E-state index in [2.05, 4.69) is 9.97 Å².